The zero-order valence-corrected chi connectivity index (χ0v) is 16.5. The van der Waals surface area contributed by atoms with E-state index in [1.807, 2.05) is 6.07 Å². The monoisotopic (exact) mass is 384 g/mol. The number of carbonyl (C=O) groups excluding carboxylic acids is 1. The molecule has 6 nitrogen and oxygen atoms in total. The van der Waals surface area contributed by atoms with E-state index < -0.39 is 12.0 Å². The van der Waals surface area contributed by atoms with Gasteiger partial charge >= 0.3 is 5.97 Å². The first-order valence-corrected chi connectivity index (χ1v) is 10.3. The van der Waals surface area contributed by atoms with Crippen LogP contribution in [0, 0.1) is 17.8 Å². The van der Waals surface area contributed by atoms with Crippen molar-refractivity contribution in [2.45, 2.75) is 37.8 Å². The number of benzene rings is 1. The highest BCUT2D eigenvalue weighted by molar-refractivity contribution is 5.86. The van der Waals surface area contributed by atoms with Gasteiger partial charge in [-0.2, -0.15) is 0 Å². The summed E-state index contributed by atoms with van der Waals surface area (Å²) < 4.78 is 10.4. The van der Waals surface area contributed by atoms with E-state index in [0.717, 1.165) is 43.6 Å². The van der Waals surface area contributed by atoms with Gasteiger partial charge in [0.25, 0.3) is 0 Å². The number of H-pyrrole nitrogens is 1. The molecule has 5 rings (SSSR count). The van der Waals surface area contributed by atoms with E-state index in [1.54, 1.807) is 7.11 Å². The van der Waals surface area contributed by atoms with Crippen molar-refractivity contribution < 1.29 is 19.4 Å². The molecule has 1 aromatic carbocycles. The summed E-state index contributed by atoms with van der Waals surface area (Å²) in [6, 6.07) is 6.49. The van der Waals surface area contributed by atoms with Crippen molar-refractivity contribution in [2.75, 3.05) is 27.3 Å². The van der Waals surface area contributed by atoms with Gasteiger partial charge < -0.3 is 19.6 Å². The van der Waals surface area contributed by atoms with Gasteiger partial charge in [-0.25, -0.2) is 0 Å². The topological polar surface area (TPSA) is 74.8 Å². The maximum absolute atomic E-state index is 12.4. The molecule has 2 fully saturated rings. The van der Waals surface area contributed by atoms with Crippen LogP contribution in [-0.2, 0) is 16.0 Å². The molecule has 150 valence electrons. The van der Waals surface area contributed by atoms with Crippen LogP contribution in [0.1, 0.15) is 36.6 Å². The van der Waals surface area contributed by atoms with Crippen molar-refractivity contribution in [1.29, 1.82) is 0 Å². The van der Waals surface area contributed by atoms with Gasteiger partial charge in [-0.1, -0.05) is 0 Å². The minimum absolute atomic E-state index is 0.171. The Balaban J connectivity index is 1.52. The predicted octanol–water partition coefficient (Wildman–Crippen LogP) is 2.66. The van der Waals surface area contributed by atoms with Crippen molar-refractivity contribution in [2.24, 2.45) is 17.8 Å². The number of hydrogen-bond acceptors (Lipinski definition) is 5. The maximum Gasteiger partial charge on any atom is 0.311 e. The lowest BCUT2D eigenvalue weighted by Crippen LogP contribution is -2.53. The van der Waals surface area contributed by atoms with Crippen LogP contribution in [0.3, 0.4) is 0 Å². The third-order valence-corrected chi connectivity index (χ3v) is 7.32. The molecule has 1 aliphatic carbocycles. The summed E-state index contributed by atoms with van der Waals surface area (Å²) in [5.41, 5.74) is 3.78. The van der Waals surface area contributed by atoms with Gasteiger partial charge in [-0.15, -0.1) is 0 Å². The third kappa shape index (κ3) is 2.65. The molecule has 1 saturated carbocycles. The fraction of sp³-hybridized carbons (Fsp3) is 0.591. The van der Waals surface area contributed by atoms with E-state index in [4.69, 9.17) is 9.47 Å². The molecule has 2 aliphatic heterocycles. The lowest BCUT2D eigenvalue weighted by Gasteiger charge is -2.50. The summed E-state index contributed by atoms with van der Waals surface area (Å²) in [5.74, 6) is 0.820. The predicted molar refractivity (Wildman–Crippen MR) is 105 cm³/mol. The van der Waals surface area contributed by atoms with Crippen LogP contribution in [0.5, 0.6) is 5.75 Å². The van der Waals surface area contributed by atoms with Gasteiger partial charge in [0.1, 0.15) is 5.75 Å². The fourth-order valence-corrected chi connectivity index (χ4v) is 5.97. The third-order valence-electron chi connectivity index (χ3n) is 7.32. The van der Waals surface area contributed by atoms with Gasteiger partial charge in [-0.05, 0) is 55.2 Å². The van der Waals surface area contributed by atoms with Crippen molar-refractivity contribution >= 4 is 16.9 Å². The Hall–Kier alpha value is -2.05. The molecule has 2 aromatic rings. The number of fused-ring (bicyclic) bond motifs is 6. The molecular formula is C22H28N2O4. The van der Waals surface area contributed by atoms with Crippen LogP contribution in [-0.4, -0.2) is 54.4 Å². The highest BCUT2D eigenvalue weighted by Gasteiger charge is 2.49. The molecule has 0 unspecified atom stereocenters. The number of ether oxygens (including phenoxy) is 2. The number of piperidine rings is 1. The second kappa shape index (κ2) is 6.78. The Morgan fingerprint density at radius 3 is 2.93 bits per heavy atom. The second-order valence-electron chi connectivity index (χ2n) is 8.54. The molecule has 5 atom stereocenters. The molecule has 28 heavy (non-hydrogen) atoms. The van der Waals surface area contributed by atoms with E-state index in [1.165, 1.54) is 23.8 Å². The number of aromatic amines is 1. The Morgan fingerprint density at radius 1 is 1.29 bits per heavy atom. The molecule has 1 saturated heterocycles. The van der Waals surface area contributed by atoms with Crippen LogP contribution < -0.4 is 4.74 Å². The highest BCUT2D eigenvalue weighted by atomic mass is 16.5. The quantitative estimate of drug-likeness (QED) is 0.779. The Bertz CT molecular complexity index is 907. The lowest BCUT2D eigenvalue weighted by molar-refractivity contribution is -0.160. The zero-order chi connectivity index (χ0) is 19.4. The number of carbonyl (C=O) groups is 1. The van der Waals surface area contributed by atoms with Crippen molar-refractivity contribution in [3.8, 4) is 5.75 Å². The summed E-state index contributed by atoms with van der Waals surface area (Å²) in [6.45, 7) is 2.04. The van der Waals surface area contributed by atoms with Crippen LogP contribution >= 0.6 is 0 Å². The van der Waals surface area contributed by atoms with Gasteiger partial charge in [0.15, 0.2) is 0 Å². The van der Waals surface area contributed by atoms with E-state index >= 15 is 0 Å². The van der Waals surface area contributed by atoms with Crippen LogP contribution in [0.4, 0.5) is 0 Å². The van der Waals surface area contributed by atoms with Crippen LogP contribution in [0.2, 0.25) is 0 Å². The zero-order valence-electron chi connectivity index (χ0n) is 16.5. The second-order valence-corrected chi connectivity index (χ2v) is 8.54. The summed E-state index contributed by atoms with van der Waals surface area (Å²) in [7, 11) is 3.12. The molecular weight excluding hydrogens is 356 g/mol. The largest absolute Gasteiger partial charge is 0.497 e. The first kappa shape index (κ1) is 18.0. The molecule has 6 heteroatoms. The normalized spacial score (nSPS) is 32.3. The van der Waals surface area contributed by atoms with E-state index in [-0.39, 0.29) is 17.9 Å². The highest BCUT2D eigenvalue weighted by Crippen LogP contribution is 2.49. The Labute approximate surface area is 164 Å². The van der Waals surface area contributed by atoms with Crippen LogP contribution in [0.25, 0.3) is 10.9 Å². The standard InChI is InChI=1S/C22H28N2O4/c1-27-13-4-5-14-15-7-8-24-11-12-3-6-19(25)20(22(26)28-2)16(12)10-18(24)21(15)23-17(14)9-13/h4-5,9,12,16,18-20,23,25H,3,6-8,10-11H2,1-2H3/t12-,16-,18+,19-,20+/m1/s1. The summed E-state index contributed by atoms with van der Waals surface area (Å²) >= 11 is 0. The number of aromatic nitrogens is 1. The minimum Gasteiger partial charge on any atom is -0.497 e. The van der Waals surface area contributed by atoms with E-state index in [0.29, 0.717) is 12.3 Å². The molecule has 0 spiro atoms. The maximum atomic E-state index is 12.4. The molecule has 0 bridgehead atoms. The first-order chi connectivity index (χ1) is 13.6. The SMILES string of the molecule is COC(=O)[C@H]1[C@@H]2C[C@H]3c4[nH]c5cc(OC)ccc5c4CCN3C[C@H]2CC[C@H]1O. The smallest absolute Gasteiger partial charge is 0.311 e. The molecule has 3 aliphatic rings. The summed E-state index contributed by atoms with van der Waals surface area (Å²) in [4.78, 5) is 18.7. The average Bonchev–Trinajstić information content (AvgIpc) is 3.10. The van der Waals surface area contributed by atoms with Gasteiger partial charge in [0.2, 0.25) is 0 Å². The molecule has 1 aromatic heterocycles. The fourth-order valence-electron chi connectivity index (χ4n) is 5.97. The van der Waals surface area contributed by atoms with Crippen molar-refractivity contribution in [3.63, 3.8) is 0 Å². The number of nitrogens with zero attached hydrogens (tertiary/aromatic N) is 1. The number of hydrogen-bond donors (Lipinski definition) is 2. The number of nitrogens with one attached hydrogen (secondary N) is 1. The molecule has 0 radical (unpaired) electrons. The molecule has 3 heterocycles. The van der Waals surface area contributed by atoms with Crippen LogP contribution in [0.15, 0.2) is 18.2 Å². The number of methoxy groups -OCH3 is 2. The molecule has 2 N–H and O–H groups in total. The summed E-state index contributed by atoms with van der Waals surface area (Å²) in [6.07, 6.45) is 3.02. The summed E-state index contributed by atoms with van der Waals surface area (Å²) in [5, 5.41) is 11.8. The minimum atomic E-state index is -0.588. The average molecular weight is 384 g/mol. The van der Waals surface area contributed by atoms with E-state index in [2.05, 4.69) is 22.0 Å². The molecule has 0 amide bonds. The van der Waals surface area contributed by atoms with Gasteiger partial charge in [-0.3, -0.25) is 9.69 Å². The van der Waals surface area contributed by atoms with Crippen molar-refractivity contribution in [1.82, 2.24) is 9.88 Å². The Morgan fingerprint density at radius 2 is 2.14 bits per heavy atom. The van der Waals surface area contributed by atoms with E-state index in [9.17, 15) is 9.90 Å². The lowest BCUT2D eigenvalue weighted by atomic mass is 9.65. The van der Waals surface area contributed by atoms with Gasteiger partial charge in [0.05, 0.1) is 32.3 Å². The number of aliphatic hydroxyl groups is 1. The van der Waals surface area contributed by atoms with Crippen molar-refractivity contribution in [3.05, 3.63) is 29.5 Å². The Kier molecular flexibility index (Phi) is 4.36. The number of aliphatic hydroxyl groups excluding tert-OH is 1. The number of rotatable bonds is 2. The first-order valence-electron chi connectivity index (χ1n) is 10.3. The number of esters is 1. The van der Waals surface area contributed by atoms with Gasteiger partial charge in [0, 0.05) is 35.8 Å².